The predicted octanol–water partition coefficient (Wildman–Crippen LogP) is 1.12. The lowest BCUT2D eigenvalue weighted by atomic mass is 10.1. The first kappa shape index (κ1) is 33.1. The van der Waals surface area contributed by atoms with Crippen LogP contribution in [0.1, 0.15) is 30.9 Å². The molecule has 216 valence electrons. The molecule has 0 fully saturated rings. The van der Waals surface area contributed by atoms with Gasteiger partial charge in [0.15, 0.2) is 12.1 Å². The van der Waals surface area contributed by atoms with Gasteiger partial charge in [-0.25, -0.2) is 4.79 Å². The van der Waals surface area contributed by atoms with Gasteiger partial charge in [-0.1, -0.05) is 24.3 Å². The standard InChI is InChI=1S/C19H23NO6S.C6H14N4O2/c1-3-25-18(19(21)22)12-14-4-8-16(9-5-14)20-13-15-6-10-17(11-7-15)26-27(2,23)24;7-4(5(11)12)2-1-3-10-6(8)9/h4-11,18,20H,3,12-13H2,1-2H3,(H,21,22);4H,1-3,7H2,(H,11,12)(H4,8,9,10)/t;4-/m.0/s1. The summed E-state index contributed by atoms with van der Waals surface area (Å²) in [6.45, 7) is 3.09. The molecule has 14 heteroatoms. The van der Waals surface area contributed by atoms with Crippen LogP contribution in [0.15, 0.2) is 53.5 Å². The first-order valence-electron chi connectivity index (χ1n) is 12.0. The van der Waals surface area contributed by atoms with E-state index in [0.29, 0.717) is 39.0 Å². The zero-order valence-corrected chi connectivity index (χ0v) is 22.8. The zero-order chi connectivity index (χ0) is 29.4. The Morgan fingerprint density at radius 2 is 1.59 bits per heavy atom. The van der Waals surface area contributed by atoms with Gasteiger partial charge in [-0.15, -0.1) is 0 Å². The molecule has 2 aromatic carbocycles. The molecule has 0 aliphatic carbocycles. The van der Waals surface area contributed by atoms with Crippen molar-refractivity contribution in [2.45, 2.75) is 44.9 Å². The summed E-state index contributed by atoms with van der Waals surface area (Å²) in [5.74, 6) is -1.69. The molecule has 2 atom stereocenters. The van der Waals surface area contributed by atoms with E-state index in [2.05, 4.69) is 10.3 Å². The first-order chi connectivity index (χ1) is 18.3. The van der Waals surface area contributed by atoms with Crippen molar-refractivity contribution in [3.8, 4) is 5.75 Å². The number of anilines is 1. The summed E-state index contributed by atoms with van der Waals surface area (Å²) >= 11 is 0. The Hall–Kier alpha value is -3.88. The van der Waals surface area contributed by atoms with Crippen LogP contribution in [0.3, 0.4) is 0 Å². The number of aliphatic carboxylic acids is 2. The van der Waals surface area contributed by atoms with Gasteiger partial charge in [-0.3, -0.25) is 9.79 Å². The predicted molar refractivity (Wildman–Crippen MR) is 148 cm³/mol. The number of benzene rings is 2. The van der Waals surface area contributed by atoms with Crippen LogP contribution >= 0.6 is 0 Å². The third kappa shape index (κ3) is 15.2. The smallest absolute Gasteiger partial charge is 0.333 e. The van der Waals surface area contributed by atoms with Crippen molar-refractivity contribution in [3.63, 3.8) is 0 Å². The Morgan fingerprint density at radius 1 is 1.00 bits per heavy atom. The number of carbonyl (C=O) groups is 2. The lowest BCUT2D eigenvalue weighted by Gasteiger charge is -2.13. The number of nitrogens with zero attached hydrogens (tertiary/aromatic N) is 1. The van der Waals surface area contributed by atoms with Crippen molar-refractivity contribution in [2.75, 3.05) is 24.7 Å². The van der Waals surface area contributed by atoms with Crippen LogP contribution < -0.4 is 26.7 Å². The molecule has 0 heterocycles. The topological polar surface area (TPSA) is 230 Å². The van der Waals surface area contributed by atoms with E-state index in [1.54, 1.807) is 31.2 Å². The molecule has 9 N–H and O–H groups in total. The molecule has 39 heavy (non-hydrogen) atoms. The number of carboxylic acids is 2. The Morgan fingerprint density at radius 3 is 2.08 bits per heavy atom. The number of ether oxygens (including phenoxy) is 1. The molecule has 0 aromatic heterocycles. The highest BCUT2D eigenvalue weighted by atomic mass is 32.2. The molecular formula is C25H37N5O8S. The monoisotopic (exact) mass is 567 g/mol. The summed E-state index contributed by atoms with van der Waals surface area (Å²) in [6.07, 6.45) is 1.42. The van der Waals surface area contributed by atoms with E-state index in [1.165, 1.54) is 0 Å². The SMILES string of the molecule is CCOC(Cc1ccc(NCc2ccc(OS(C)(=O)=O)cc2)cc1)C(=O)O.NC(N)=NCCC[C@H](N)C(=O)O. The molecule has 0 saturated carbocycles. The van der Waals surface area contributed by atoms with E-state index in [0.717, 1.165) is 23.1 Å². The van der Waals surface area contributed by atoms with Crippen molar-refractivity contribution in [3.05, 3.63) is 59.7 Å². The third-order valence-corrected chi connectivity index (χ3v) is 5.47. The van der Waals surface area contributed by atoms with Crippen molar-refractivity contribution in [1.82, 2.24) is 0 Å². The molecular weight excluding hydrogens is 530 g/mol. The molecule has 0 amide bonds. The number of guanidine groups is 1. The maximum atomic E-state index is 11.1. The summed E-state index contributed by atoms with van der Waals surface area (Å²) < 4.78 is 32.2. The number of aliphatic imine (C=N–C) groups is 1. The van der Waals surface area contributed by atoms with E-state index < -0.39 is 34.2 Å². The summed E-state index contributed by atoms with van der Waals surface area (Å²) in [5, 5.41) is 20.8. The molecule has 0 saturated heterocycles. The van der Waals surface area contributed by atoms with Crippen LogP contribution in [0, 0.1) is 0 Å². The van der Waals surface area contributed by atoms with Gasteiger partial charge >= 0.3 is 22.1 Å². The summed E-state index contributed by atoms with van der Waals surface area (Å²) in [6, 6.07) is 13.4. The van der Waals surface area contributed by atoms with Crippen molar-refractivity contribution < 1.29 is 37.1 Å². The molecule has 0 aliphatic heterocycles. The highest BCUT2D eigenvalue weighted by molar-refractivity contribution is 7.86. The van der Waals surface area contributed by atoms with Crippen LogP contribution in [0.5, 0.6) is 5.75 Å². The largest absolute Gasteiger partial charge is 0.480 e. The highest BCUT2D eigenvalue weighted by Crippen LogP contribution is 2.17. The average Bonchev–Trinajstić information content (AvgIpc) is 2.86. The molecule has 0 radical (unpaired) electrons. The Bertz CT molecular complexity index is 1170. The van der Waals surface area contributed by atoms with Gasteiger partial charge < -0.3 is 41.7 Å². The van der Waals surface area contributed by atoms with E-state index in [-0.39, 0.29) is 11.7 Å². The fourth-order valence-electron chi connectivity index (χ4n) is 3.08. The van der Waals surface area contributed by atoms with Gasteiger partial charge in [0.05, 0.1) is 6.26 Å². The number of nitrogens with one attached hydrogen (secondary N) is 1. The van der Waals surface area contributed by atoms with Crippen LogP contribution in [0.25, 0.3) is 0 Å². The maximum absolute atomic E-state index is 11.1. The van der Waals surface area contributed by atoms with Crippen molar-refractivity contribution in [2.24, 2.45) is 22.2 Å². The first-order valence-corrected chi connectivity index (χ1v) is 13.8. The lowest BCUT2D eigenvalue weighted by molar-refractivity contribution is -0.150. The Labute approximate surface area is 228 Å². The lowest BCUT2D eigenvalue weighted by Crippen LogP contribution is -2.30. The van der Waals surface area contributed by atoms with Gasteiger partial charge in [0.25, 0.3) is 0 Å². The second-order valence-electron chi connectivity index (χ2n) is 8.36. The van der Waals surface area contributed by atoms with Gasteiger partial charge in [0.2, 0.25) is 0 Å². The van der Waals surface area contributed by atoms with E-state index >= 15 is 0 Å². The second kappa shape index (κ2) is 16.9. The van der Waals surface area contributed by atoms with E-state index in [4.69, 9.17) is 36.3 Å². The molecule has 2 aromatic rings. The van der Waals surface area contributed by atoms with Crippen molar-refractivity contribution >= 4 is 33.7 Å². The minimum atomic E-state index is -3.53. The summed E-state index contributed by atoms with van der Waals surface area (Å²) in [4.78, 5) is 25.0. The quantitative estimate of drug-likeness (QED) is 0.0769. The van der Waals surface area contributed by atoms with Gasteiger partial charge in [-0.2, -0.15) is 8.42 Å². The number of carboxylic acid groups (broad SMARTS) is 2. The van der Waals surface area contributed by atoms with E-state index in [9.17, 15) is 18.0 Å². The van der Waals surface area contributed by atoms with Crippen LogP contribution in [-0.4, -0.2) is 68.1 Å². The number of hydrogen-bond acceptors (Lipinski definition) is 9. The Kier molecular flexibility index (Phi) is 14.3. The zero-order valence-electron chi connectivity index (χ0n) is 21.9. The molecule has 13 nitrogen and oxygen atoms in total. The highest BCUT2D eigenvalue weighted by Gasteiger charge is 2.17. The molecule has 2 rings (SSSR count). The minimum absolute atomic E-state index is 0.0129. The number of rotatable bonds is 15. The van der Waals surface area contributed by atoms with E-state index in [1.807, 2.05) is 24.3 Å². The average molecular weight is 568 g/mol. The molecule has 0 aliphatic rings. The van der Waals surface area contributed by atoms with Crippen LogP contribution in [0.2, 0.25) is 0 Å². The summed E-state index contributed by atoms with van der Waals surface area (Å²) in [5.41, 5.74) is 18.0. The normalized spacial score (nSPS) is 12.3. The third-order valence-electron chi connectivity index (χ3n) is 4.97. The van der Waals surface area contributed by atoms with Crippen LogP contribution in [0.4, 0.5) is 5.69 Å². The maximum Gasteiger partial charge on any atom is 0.333 e. The minimum Gasteiger partial charge on any atom is -0.480 e. The Balaban J connectivity index is 0.000000534. The van der Waals surface area contributed by atoms with Gasteiger partial charge in [0.1, 0.15) is 11.8 Å². The molecule has 0 bridgehead atoms. The van der Waals surface area contributed by atoms with Gasteiger partial charge in [0, 0.05) is 31.8 Å². The van der Waals surface area contributed by atoms with Gasteiger partial charge in [-0.05, 0) is 55.2 Å². The fourth-order valence-corrected chi connectivity index (χ4v) is 3.54. The second-order valence-corrected chi connectivity index (χ2v) is 9.94. The number of nitrogens with two attached hydrogens (primary N) is 3. The molecule has 0 spiro atoms. The molecule has 1 unspecified atom stereocenters. The van der Waals surface area contributed by atoms with Crippen LogP contribution in [-0.2, 0) is 37.4 Å². The number of hydrogen-bond donors (Lipinski definition) is 6. The van der Waals surface area contributed by atoms with Crippen molar-refractivity contribution in [1.29, 1.82) is 0 Å². The fraction of sp³-hybridized carbons (Fsp3) is 0.400. The summed E-state index contributed by atoms with van der Waals surface area (Å²) in [7, 11) is -3.53.